The fourth-order valence-corrected chi connectivity index (χ4v) is 4.29. The standard InChI is InChI=1S/C28H36N4O6/c1-3-5-9-20-18-23(21-10-7-6-8-11-21)29-24(19-20)26(35)30-22(12-13-25(33)34)27(36)31-14-16-32(17-15-31)28(37)38-4-2/h6-8,10-11,18-19,22H,3-5,9,12-17H2,1-2H3,(H,30,35)(H,33,34). The quantitative estimate of drug-likeness (QED) is 0.461. The van der Waals surface area contributed by atoms with Crippen molar-refractivity contribution in [3.63, 3.8) is 0 Å². The molecule has 2 heterocycles. The SMILES string of the molecule is CCCCc1cc(C(=O)NC(CCC(=O)O)C(=O)N2CCN(C(=O)OCC)CC2)nc(-c2ccccc2)c1. The van der Waals surface area contributed by atoms with E-state index in [1.165, 1.54) is 4.90 Å². The zero-order valence-electron chi connectivity index (χ0n) is 22.0. The molecule has 0 radical (unpaired) electrons. The summed E-state index contributed by atoms with van der Waals surface area (Å²) in [6.07, 6.45) is 1.97. The summed E-state index contributed by atoms with van der Waals surface area (Å²) in [6.45, 7) is 5.21. The van der Waals surface area contributed by atoms with Gasteiger partial charge in [-0.15, -0.1) is 0 Å². The second kappa shape index (κ2) is 14.1. The number of piperazine rings is 1. The van der Waals surface area contributed by atoms with E-state index in [1.54, 1.807) is 17.9 Å². The first-order valence-electron chi connectivity index (χ1n) is 13.1. The number of carbonyl (C=O) groups is 4. The number of nitrogens with one attached hydrogen (secondary N) is 1. The molecule has 2 N–H and O–H groups in total. The van der Waals surface area contributed by atoms with Crippen molar-refractivity contribution in [1.82, 2.24) is 20.1 Å². The molecule has 1 aliphatic heterocycles. The molecule has 1 fully saturated rings. The number of carboxylic acid groups (broad SMARTS) is 1. The van der Waals surface area contributed by atoms with Crippen LogP contribution in [0.3, 0.4) is 0 Å². The number of aryl methyl sites for hydroxylation is 1. The average molecular weight is 525 g/mol. The van der Waals surface area contributed by atoms with Crippen molar-refractivity contribution in [2.75, 3.05) is 32.8 Å². The number of rotatable bonds is 11. The van der Waals surface area contributed by atoms with Crippen LogP contribution in [-0.2, 0) is 20.7 Å². The van der Waals surface area contributed by atoms with Crippen LogP contribution in [-0.4, -0.2) is 82.6 Å². The molecule has 0 aliphatic carbocycles. The lowest BCUT2D eigenvalue weighted by Crippen LogP contribution is -2.56. The zero-order chi connectivity index (χ0) is 27.5. The number of carboxylic acids is 1. The minimum atomic E-state index is -1.06. The second-order valence-electron chi connectivity index (χ2n) is 9.19. The molecular formula is C28H36N4O6. The van der Waals surface area contributed by atoms with Crippen molar-refractivity contribution in [1.29, 1.82) is 0 Å². The molecule has 3 rings (SSSR count). The van der Waals surface area contributed by atoms with Crippen molar-refractivity contribution in [2.45, 2.75) is 52.0 Å². The van der Waals surface area contributed by atoms with Gasteiger partial charge in [0.1, 0.15) is 11.7 Å². The normalized spacial score (nSPS) is 14.1. The molecule has 1 unspecified atom stereocenters. The molecule has 1 saturated heterocycles. The first-order valence-corrected chi connectivity index (χ1v) is 13.1. The van der Waals surface area contributed by atoms with Crippen molar-refractivity contribution in [3.05, 3.63) is 53.7 Å². The van der Waals surface area contributed by atoms with Gasteiger partial charge in [0.25, 0.3) is 5.91 Å². The third kappa shape index (κ3) is 8.03. The molecule has 2 aromatic rings. The molecule has 0 spiro atoms. The Balaban J connectivity index is 1.78. The summed E-state index contributed by atoms with van der Waals surface area (Å²) in [6, 6.07) is 12.2. The number of aliphatic carboxylic acids is 1. The molecule has 0 saturated carbocycles. The lowest BCUT2D eigenvalue weighted by atomic mass is 10.0. The highest BCUT2D eigenvalue weighted by Crippen LogP contribution is 2.21. The van der Waals surface area contributed by atoms with E-state index < -0.39 is 24.0 Å². The Morgan fingerprint density at radius 2 is 1.71 bits per heavy atom. The minimum absolute atomic E-state index is 0.0565. The largest absolute Gasteiger partial charge is 0.481 e. The highest BCUT2D eigenvalue weighted by Gasteiger charge is 2.31. The van der Waals surface area contributed by atoms with Gasteiger partial charge in [0.2, 0.25) is 5.91 Å². The van der Waals surface area contributed by atoms with Gasteiger partial charge in [-0.1, -0.05) is 43.7 Å². The molecule has 3 amide bonds. The van der Waals surface area contributed by atoms with Crippen LogP contribution in [0.4, 0.5) is 4.79 Å². The number of ether oxygens (including phenoxy) is 1. The fourth-order valence-electron chi connectivity index (χ4n) is 4.29. The molecule has 10 heteroatoms. The van der Waals surface area contributed by atoms with E-state index in [0.29, 0.717) is 18.8 Å². The number of benzene rings is 1. The number of nitrogens with zero attached hydrogens (tertiary/aromatic N) is 3. The number of pyridine rings is 1. The maximum atomic E-state index is 13.3. The van der Waals surface area contributed by atoms with Crippen LogP contribution in [0, 0.1) is 0 Å². The van der Waals surface area contributed by atoms with E-state index in [2.05, 4.69) is 17.2 Å². The highest BCUT2D eigenvalue weighted by atomic mass is 16.6. The molecule has 1 aromatic carbocycles. The first kappa shape index (κ1) is 28.6. The molecule has 204 valence electrons. The van der Waals surface area contributed by atoms with Crippen molar-refractivity contribution in [3.8, 4) is 11.3 Å². The molecule has 1 aromatic heterocycles. The maximum absolute atomic E-state index is 13.3. The average Bonchev–Trinajstić information content (AvgIpc) is 2.94. The van der Waals surface area contributed by atoms with E-state index in [0.717, 1.165) is 30.4 Å². The van der Waals surface area contributed by atoms with Crippen molar-refractivity contribution in [2.24, 2.45) is 0 Å². The predicted octanol–water partition coefficient (Wildman–Crippen LogP) is 3.36. The molecular weight excluding hydrogens is 488 g/mol. The van der Waals surface area contributed by atoms with Crippen molar-refractivity contribution < 1.29 is 29.0 Å². The minimum Gasteiger partial charge on any atom is -0.481 e. The lowest BCUT2D eigenvalue weighted by molar-refractivity contribution is -0.138. The molecule has 1 aliphatic rings. The van der Waals surface area contributed by atoms with Crippen LogP contribution < -0.4 is 5.32 Å². The number of unbranched alkanes of at least 4 members (excludes halogenated alkanes) is 1. The number of hydrogen-bond donors (Lipinski definition) is 2. The topological polar surface area (TPSA) is 129 Å². The predicted molar refractivity (Wildman–Crippen MR) is 142 cm³/mol. The summed E-state index contributed by atoms with van der Waals surface area (Å²) in [4.78, 5) is 57.6. The Hall–Kier alpha value is -3.95. The van der Waals surface area contributed by atoms with Gasteiger partial charge in [-0.3, -0.25) is 14.4 Å². The summed E-state index contributed by atoms with van der Waals surface area (Å²) in [5, 5.41) is 12.0. The third-order valence-corrected chi connectivity index (χ3v) is 6.37. The van der Waals surface area contributed by atoms with Gasteiger partial charge in [-0.25, -0.2) is 9.78 Å². The number of carbonyl (C=O) groups excluding carboxylic acids is 3. The van der Waals surface area contributed by atoms with Gasteiger partial charge in [-0.05, 0) is 43.9 Å². The summed E-state index contributed by atoms with van der Waals surface area (Å²) in [5.41, 5.74) is 2.68. The summed E-state index contributed by atoms with van der Waals surface area (Å²) >= 11 is 0. The molecule has 10 nitrogen and oxygen atoms in total. The van der Waals surface area contributed by atoms with Crippen molar-refractivity contribution >= 4 is 23.9 Å². The molecule has 1 atom stereocenters. The Kier molecular flexibility index (Phi) is 10.6. The van der Waals surface area contributed by atoms with Crippen LogP contribution in [0.15, 0.2) is 42.5 Å². The summed E-state index contributed by atoms with van der Waals surface area (Å²) in [5.74, 6) is -1.97. The Bertz CT molecular complexity index is 1120. The second-order valence-corrected chi connectivity index (χ2v) is 9.19. The van der Waals surface area contributed by atoms with Gasteiger partial charge in [0.05, 0.1) is 12.3 Å². The Labute approximate surface area is 223 Å². The number of hydrogen-bond acceptors (Lipinski definition) is 6. The monoisotopic (exact) mass is 524 g/mol. The van der Waals surface area contributed by atoms with E-state index >= 15 is 0 Å². The lowest BCUT2D eigenvalue weighted by Gasteiger charge is -2.35. The van der Waals surface area contributed by atoms with E-state index in [-0.39, 0.29) is 44.1 Å². The maximum Gasteiger partial charge on any atom is 0.409 e. The molecule has 0 bridgehead atoms. The highest BCUT2D eigenvalue weighted by molar-refractivity contribution is 5.97. The number of amides is 3. The smallest absolute Gasteiger partial charge is 0.409 e. The van der Waals surface area contributed by atoms with E-state index in [9.17, 15) is 24.3 Å². The Morgan fingerprint density at radius 3 is 2.34 bits per heavy atom. The van der Waals surface area contributed by atoms with Crippen LogP contribution in [0.2, 0.25) is 0 Å². The van der Waals surface area contributed by atoms with E-state index in [4.69, 9.17) is 4.74 Å². The van der Waals surface area contributed by atoms with Crippen LogP contribution in [0.5, 0.6) is 0 Å². The van der Waals surface area contributed by atoms with Crippen LogP contribution in [0.1, 0.15) is 55.6 Å². The number of aromatic nitrogens is 1. The van der Waals surface area contributed by atoms with Gasteiger partial charge in [0, 0.05) is 38.2 Å². The van der Waals surface area contributed by atoms with Gasteiger partial charge in [0.15, 0.2) is 0 Å². The van der Waals surface area contributed by atoms with E-state index in [1.807, 2.05) is 36.4 Å². The van der Waals surface area contributed by atoms with Crippen LogP contribution in [0.25, 0.3) is 11.3 Å². The first-order chi connectivity index (χ1) is 18.3. The van der Waals surface area contributed by atoms with Gasteiger partial charge in [-0.2, -0.15) is 0 Å². The zero-order valence-corrected chi connectivity index (χ0v) is 22.0. The summed E-state index contributed by atoms with van der Waals surface area (Å²) in [7, 11) is 0. The third-order valence-electron chi connectivity index (χ3n) is 6.37. The van der Waals surface area contributed by atoms with Gasteiger partial charge >= 0.3 is 12.1 Å². The van der Waals surface area contributed by atoms with Gasteiger partial charge < -0.3 is 25.0 Å². The molecule has 38 heavy (non-hydrogen) atoms. The summed E-state index contributed by atoms with van der Waals surface area (Å²) < 4.78 is 5.02. The van der Waals surface area contributed by atoms with Crippen LogP contribution >= 0.6 is 0 Å². The Morgan fingerprint density at radius 1 is 1.03 bits per heavy atom. The fraction of sp³-hybridized carbons (Fsp3) is 0.464.